The van der Waals surface area contributed by atoms with Crippen molar-refractivity contribution in [2.75, 3.05) is 0 Å². The van der Waals surface area contributed by atoms with Crippen molar-refractivity contribution < 1.29 is 31.6 Å². The van der Waals surface area contributed by atoms with Crippen LogP contribution in [0.1, 0.15) is 12.0 Å². The van der Waals surface area contributed by atoms with Gasteiger partial charge in [-0.05, 0) is 22.6 Å². The molecular formula is C7H2F5IN2O3. The average Bonchev–Trinajstić information content (AvgIpc) is 2.17. The third-order valence-electron chi connectivity index (χ3n) is 1.63. The summed E-state index contributed by atoms with van der Waals surface area (Å²) in [5.41, 5.74) is -2.65. The molecule has 0 aliphatic heterocycles. The number of ether oxygens (including phenoxy) is 1. The maximum atomic E-state index is 12.6. The summed E-state index contributed by atoms with van der Waals surface area (Å²) >= 11 is 1.26. The fourth-order valence-electron chi connectivity index (χ4n) is 1.06. The molecule has 0 aliphatic rings. The van der Waals surface area contributed by atoms with Gasteiger partial charge in [-0.3, -0.25) is 10.1 Å². The summed E-state index contributed by atoms with van der Waals surface area (Å²) in [6.45, 7) is 0. The summed E-state index contributed by atoms with van der Waals surface area (Å²) < 4.78 is 63.8. The van der Waals surface area contributed by atoms with E-state index in [2.05, 4.69) is 9.72 Å². The van der Waals surface area contributed by atoms with Crippen molar-refractivity contribution in [1.82, 2.24) is 4.98 Å². The molecule has 0 saturated carbocycles. The van der Waals surface area contributed by atoms with Gasteiger partial charge in [0.25, 0.3) is 6.43 Å². The molecule has 0 unspecified atom stereocenters. The minimum Gasteiger partial charge on any atom is -0.397 e. The molecule has 0 saturated heterocycles. The van der Waals surface area contributed by atoms with E-state index >= 15 is 0 Å². The number of nitrogens with zero attached hydrogens (tertiary/aromatic N) is 2. The van der Waals surface area contributed by atoms with Gasteiger partial charge < -0.3 is 4.74 Å². The molecular weight excluding hydrogens is 382 g/mol. The fraction of sp³-hybridized carbons (Fsp3) is 0.286. The van der Waals surface area contributed by atoms with Crippen LogP contribution >= 0.6 is 22.6 Å². The number of nitro groups is 1. The van der Waals surface area contributed by atoms with Gasteiger partial charge in [0.15, 0.2) is 0 Å². The first-order valence-corrected chi connectivity index (χ1v) is 5.08. The highest BCUT2D eigenvalue weighted by Gasteiger charge is 2.38. The molecule has 0 radical (unpaired) electrons. The predicted octanol–water partition coefficient (Wildman–Crippen LogP) is 3.43. The second-order valence-electron chi connectivity index (χ2n) is 2.78. The molecule has 0 N–H and O–H groups in total. The summed E-state index contributed by atoms with van der Waals surface area (Å²) in [7, 11) is 0. The molecule has 0 fully saturated rings. The van der Waals surface area contributed by atoms with Crippen LogP contribution in [0.4, 0.5) is 27.6 Å². The Morgan fingerprint density at radius 3 is 2.39 bits per heavy atom. The molecule has 0 bridgehead atoms. The van der Waals surface area contributed by atoms with E-state index in [-0.39, 0.29) is 0 Å². The standard InChI is InChI=1S/C7H2F5IN2O3/c8-5(9)3-4(15(16)17)2(1-14-6(3)13)18-7(10,11)12/h1,5H. The van der Waals surface area contributed by atoms with Crippen molar-refractivity contribution >= 4 is 28.3 Å². The number of aromatic nitrogens is 1. The molecule has 1 aromatic rings. The maximum Gasteiger partial charge on any atom is 0.573 e. The smallest absolute Gasteiger partial charge is 0.397 e. The molecule has 18 heavy (non-hydrogen) atoms. The molecule has 5 nitrogen and oxygen atoms in total. The summed E-state index contributed by atoms with van der Waals surface area (Å²) in [5.74, 6) is -1.37. The van der Waals surface area contributed by atoms with Crippen molar-refractivity contribution in [3.05, 3.63) is 25.6 Å². The molecule has 0 amide bonds. The van der Waals surface area contributed by atoms with Crippen LogP contribution in [-0.4, -0.2) is 16.3 Å². The Morgan fingerprint density at radius 1 is 1.44 bits per heavy atom. The number of halogens is 6. The average molecular weight is 384 g/mol. The van der Waals surface area contributed by atoms with E-state index in [0.717, 1.165) is 0 Å². The van der Waals surface area contributed by atoms with Crippen molar-refractivity contribution in [1.29, 1.82) is 0 Å². The van der Waals surface area contributed by atoms with E-state index in [0.29, 0.717) is 6.20 Å². The van der Waals surface area contributed by atoms with E-state index in [4.69, 9.17) is 0 Å². The number of hydrogen-bond donors (Lipinski definition) is 0. The Labute approximate surface area is 109 Å². The Kier molecular flexibility index (Phi) is 4.24. The van der Waals surface area contributed by atoms with E-state index < -0.39 is 38.4 Å². The van der Waals surface area contributed by atoms with E-state index in [1.54, 1.807) is 0 Å². The summed E-state index contributed by atoms with van der Waals surface area (Å²) in [4.78, 5) is 12.4. The van der Waals surface area contributed by atoms with Crippen molar-refractivity contribution in [2.24, 2.45) is 0 Å². The first-order valence-electron chi connectivity index (χ1n) is 4.00. The lowest BCUT2D eigenvalue weighted by Crippen LogP contribution is -2.19. The molecule has 1 heterocycles. The lowest BCUT2D eigenvalue weighted by Gasteiger charge is -2.11. The van der Waals surface area contributed by atoms with Crippen molar-refractivity contribution in [2.45, 2.75) is 12.8 Å². The molecule has 1 aromatic heterocycles. The molecule has 1 rings (SSSR count). The van der Waals surface area contributed by atoms with E-state index in [9.17, 15) is 32.1 Å². The lowest BCUT2D eigenvalue weighted by molar-refractivity contribution is -0.390. The Hall–Kier alpha value is -1.27. The molecule has 0 atom stereocenters. The van der Waals surface area contributed by atoms with Gasteiger partial charge in [0.05, 0.1) is 11.1 Å². The minimum absolute atomic E-state index is 0.374. The highest BCUT2D eigenvalue weighted by molar-refractivity contribution is 14.1. The van der Waals surface area contributed by atoms with E-state index in [1.807, 2.05) is 0 Å². The fourth-order valence-corrected chi connectivity index (χ4v) is 1.69. The second kappa shape index (κ2) is 5.16. The minimum atomic E-state index is -5.24. The quantitative estimate of drug-likeness (QED) is 0.263. The van der Waals surface area contributed by atoms with Gasteiger partial charge in [-0.15, -0.1) is 13.2 Å². The topological polar surface area (TPSA) is 65.3 Å². The van der Waals surface area contributed by atoms with Crippen LogP contribution in [0.3, 0.4) is 0 Å². The summed E-state index contributed by atoms with van der Waals surface area (Å²) in [6.07, 6.45) is -8.21. The maximum absolute atomic E-state index is 12.6. The van der Waals surface area contributed by atoms with Gasteiger partial charge in [0.2, 0.25) is 5.75 Å². The van der Waals surface area contributed by atoms with Crippen LogP contribution in [0, 0.1) is 13.8 Å². The van der Waals surface area contributed by atoms with Crippen LogP contribution < -0.4 is 4.74 Å². The van der Waals surface area contributed by atoms with Crippen molar-refractivity contribution in [3.63, 3.8) is 0 Å². The van der Waals surface area contributed by atoms with Crippen LogP contribution in [-0.2, 0) is 0 Å². The summed E-state index contributed by atoms with van der Waals surface area (Å²) in [6, 6.07) is 0. The van der Waals surface area contributed by atoms with Gasteiger partial charge >= 0.3 is 12.0 Å². The largest absolute Gasteiger partial charge is 0.573 e. The zero-order valence-corrected chi connectivity index (χ0v) is 10.2. The zero-order valence-electron chi connectivity index (χ0n) is 8.04. The number of pyridine rings is 1. The first kappa shape index (κ1) is 14.8. The van der Waals surface area contributed by atoms with Crippen LogP contribution in [0.5, 0.6) is 5.75 Å². The zero-order chi connectivity index (χ0) is 14.1. The normalized spacial score (nSPS) is 11.7. The predicted molar refractivity (Wildman–Crippen MR) is 55.2 cm³/mol. The first-order chi connectivity index (χ1) is 8.13. The molecule has 0 aromatic carbocycles. The van der Waals surface area contributed by atoms with Crippen LogP contribution in [0.2, 0.25) is 0 Å². The number of alkyl halides is 5. The highest BCUT2D eigenvalue weighted by atomic mass is 127. The van der Waals surface area contributed by atoms with Gasteiger partial charge in [0, 0.05) is 0 Å². The van der Waals surface area contributed by atoms with E-state index in [1.165, 1.54) is 22.6 Å². The Bertz CT molecular complexity index is 479. The lowest BCUT2D eigenvalue weighted by atomic mass is 10.2. The molecule has 0 aliphatic carbocycles. The van der Waals surface area contributed by atoms with Crippen LogP contribution in [0.25, 0.3) is 0 Å². The van der Waals surface area contributed by atoms with Gasteiger partial charge in [0.1, 0.15) is 9.26 Å². The number of hydrogen-bond acceptors (Lipinski definition) is 4. The Morgan fingerprint density at radius 2 is 2.00 bits per heavy atom. The second-order valence-corrected chi connectivity index (χ2v) is 3.80. The SMILES string of the molecule is O=[N+]([O-])c1c(OC(F)(F)F)cnc(I)c1C(F)F. The number of rotatable bonds is 3. The molecule has 100 valence electrons. The van der Waals surface area contributed by atoms with Crippen LogP contribution in [0.15, 0.2) is 6.20 Å². The van der Waals surface area contributed by atoms with Gasteiger partial charge in [-0.1, -0.05) is 0 Å². The third kappa shape index (κ3) is 3.36. The monoisotopic (exact) mass is 384 g/mol. The molecule has 0 spiro atoms. The Balaban J connectivity index is 3.44. The van der Waals surface area contributed by atoms with Crippen molar-refractivity contribution in [3.8, 4) is 5.75 Å². The van der Waals surface area contributed by atoms with Gasteiger partial charge in [-0.2, -0.15) is 0 Å². The van der Waals surface area contributed by atoms with Gasteiger partial charge in [-0.25, -0.2) is 13.8 Å². The third-order valence-corrected chi connectivity index (χ3v) is 2.49. The molecule has 11 heteroatoms. The highest BCUT2D eigenvalue weighted by Crippen LogP contribution is 2.40. The summed E-state index contributed by atoms with van der Waals surface area (Å²) in [5, 5.41) is 10.6.